The van der Waals surface area contributed by atoms with Crippen molar-refractivity contribution < 1.29 is 5.11 Å². The molecule has 2 aliphatic rings. The van der Waals surface area contributed by atoms with Crippen LogP contribution in [-0.2, 0) is 0 Å². The Kier molecular flexibility index (Phi) is 4.21. The Morgan fingerprint density at radius 3 is 2.75 bits per heavy atom. The van der Waals surface area contributed by atoms with Crippen LogP contribution >= 0.6 is 0 Å². The van der Waals surface area contributed by atoms with Crippen LogP contribution in [0, 0.1) is 5.92 Å². The zero-order chi connectivity index (χ0) is 13.8. The van der Waals surface area contributed by atoms with E-state index < -0.39 is 0 Å². The number of hydrogen-bond donors (Lipinski definition) is 2. The van der Waals surface area contributed by atoms with E-state index in [-0.39, 0.29) is 0 Å². The van der Waals surface area contributed by atoms with E-state index in [0.717, 1.165) is 51.3 Å². The van der Waals surface area contributed by atoms with Crippen LogP contribution in [-0.4, -0.2) is 43.7 Å². The van der Waals surface area contributed by atoms with E-state index in [4.69, 9.17) is 0 Å². The molecule has 1 aromatic rings. The topological polar surface area (TPSA) is 47.9 Å². The van der Waals surface area contributed by atoms with Crippen LogP contribution < -0.4 is 10.2 Å². The molecule has 3 rings (SSSR count). The third-order valence-electron chi connectivity index (χ3n) is 4.27. The van der Waals surface area contributed by atoms with Gasteiger partial charge in [0.25, 0.3) is 0 Å². The Balaban J connectivity index is 1.81. The molecule has 0 atom stereocenters. The molecule has 0 aromatic heterocycles. The second-order valence-corrected chi connectivity index (χ2v) is 5.64. The van der Waals surface area contributed by atoms with Crippen LogP contribution in [0.2, 0.25) is 0 Å². The van der Waals surface area contributed by atoms with E-state index in [2.05, 4.69) is 39.5 Å². The largest absolute Gasteiger partial charge is 0.396 e. The molecular weight excluding hydrogens is 250 g/mol. The van der Waals surface area contributed by atoms with E-state index >= 15 is 0 Å². The maximum Gasteiger partial charge on any atom is 0.130 e. The van der Waals surface area contributed by atoms with Gasteiger partial charge in [-0.3, -0.25) is 4.99 Å². The molecule has 108 valence electrons. The molecule has 4 nitrogen and oxygen atoms in total. The predicted octanol–water partition coefficient (Wildman–Crippen LogP) is 1.64. The minimum atomic E-state index is 0.323. The number of aliphatic imine (C=N–C) groups is 1. The highest BCUT2D eigenvalue weighted by atomic mass is 16.3. The van der Waals surface area contributed by atoms with Crippen molar-refractivity contribution in [2.45, 2.75) is 19.3 Å². The second-order valence-electron chi connectivity index (χ2n) is 5.64. The van der Waals surface area contributed by atoms with Gasteiger partial charge in [0.1, 0.15) is 5.84 Å². The highest BCUT2D eigenvalue weighted by Gasteiger charge is 2.21. The lowest BCUT2D eigenvalue weighted by molar-refractivity contribution is 0.203. The van der Waals surface area contributed by atoms with Gasteiger partial charge < -0.3 is 15.3 Å². The van der Waals surface area contributed by atoms with Crippen LogP contribution in [0.3, 0.4) is 0 Å². The third kappa shape index (κ3) is 2.80. The first kappa shape index (κ1) is 13.4. The Labute approximate surface area is 120 Å². The summed E-state index contributed by atoms with van der Waals surface area (Å²) in [6, 6.07) is 8.52. The quantitative estimate of drug-likeness (QED) is 0.880. The summed E-state index contributed by atoms with van der Waals surface area (Å²) in [5.41, 5.74) is 2.49. The van der Waals surface area contributed by atoms with E-state index in [1.165, 1.54) is 11.3 Å². The van der Waals surface area contributed by atoms with E-state index in [1.54, 1.807) is 0 Å². The number of aliphatic hydroxyl groups excluding tert-OH is 1. The van der Waals surface area contributed by atoms with Gasteiger partial charge in [0.2, 0.25) is 0 Å². The molecule has 0 bridgehead atoms. The van der Waals surface area contributed by atoms with Gasteiger partial charge in [0.15, 0.2) is 0 Å². The molecule has 0 radical (unpaired) electrons. The molecule has 0 aliphatic carbocycles. The average molecular weight is 273 g/mol. The van der Waals surface area contributed by atoms with Crippen molar-refractivity contribution in [1.29, 1.82) is 0 Å². The molecule has 2 heterocycles. The van der Waals surface area contributed by atoms with Crippen LogP contribution in [0.4, 0.5) is 5.69 Å². The van der Waals surface area contributed by atoms with Gasteiger partial charge in [-0.1, -0.05) is 12.1 Å². The molecular formula is C16H23N3O. The molecule has 1 aromatic carbocycles. The van der Waals surface area contributed by atoms with Crippen LogP contribution in [0.5, 0.6) is 0 Å². The number of amidine groups is 1. The molecule has 2 aliphatic heterocycles. The molecule has 0 unspecified atom stereocenters. The van der Waals surface area contributed by atoms with Gasteiger partial charge in [-0.25, -0.2) is 0 Å². The zero-order valence-corrected chi connectivity index (χ0v) is 11.9. The maximum atomic E-state index is 9.26. The number of nitrogens with zero attached hydrogens (tertiary/aromatic N) is 2. The van der Waals surface area contributed by atoms with Crippen molar-refractivity contribution in [3.63, 3.8) is 0 Å². The van der Waals surface area contributed by atoms with E-state index in [1.807, 2.05) is 0 Å². The van der Waals surface area contributed by atoms with Crippen LogP contribution in [0.15, 0.2) is 29.3 Å². The molecule has 4 heteroatoms. The van der Waals surface area contributed by atoms with Gasteiger partial charge in [-0.15, -0.1) is 0 Å². The van der Waals surface area contributed by atoms with Gasteiger partial charge in [-0.2, -0.15) is 0 Å². The number of aliphatic hydroxyl groups is 1. The lowest BCUT2D eigenvalue weighted by Gasteiger charge is -2.34. The zero-order valence-electron chi connectivity index (χ0n) is 11.9. The predicted molar refractivity (Wildman–Crippen MR) is 82.5 cm³/mol. The van der Waals surface area contributed by atoms with Crippen LogP contribution in [0.1, 0.15) is 24.8 Å². The van der Waals surface area contributed by atoms with Gasteiger partial charge in [-0.05, 0) is 37.3 Å². The first-order valence-corrected chi connectivity index (χ1v) is 7.62. The molecule has 1 saturated heterocycles. The monoisotopic (exact) mass is 273 g/mol. The summed E-state index contributed by atoms with van der Waals surface area (Å²) in [7, 11) is 0. The fraction of sp³-hybridized carbons (Fsp3) is 0.562. The maximum absolute atomic E-state index is 9.26. The number of benzene rings is 1. The Bertz CT molecular complexity index is 478. The highest BCUT2D eigenvalue weighted by molar-refractivity contribution is 6.04. The number of anilines is 1. The minimum Gasteiger partial charge on any atom is -0.396 e. The van der Waals surface area contributed by atoms with Crippen molar-refractivity contribution in [2.24, 2.45) is 10.9 Å². The lowest BCUT2D eigenvalue weighted by atomic mass is 9.96. The number of para-hydroxylation sites is 1. The first-order chi connectivity index (χ1) is 9.88. The molecule has 2 N–H and O–H groups in total. The molecule has 1 fully saturated rings. The van der Waals surface area contributed by atoms with Crippen molar-refractivity contribution in [1.82, 2.24) is 5.32 Å². The van der Waals surface area contributed by atoms with Crippen molar-refractivity contribution in [3.05, 3.63) is 29.8 Å². The number of piperidine rings is 1. The van der Waals surface area contributed by atoms with Gasteiger partial charge in [0.05, 0.1) is 0 Å². The standard InChI is InChI=1S/C16H23N3O/c20-12-13-6-10-19(11-7-13)15-5-2-1-4-14(15)16-17-8-3-9-18-16/h1-2,4-5,13,20H,3,6-12H2,(H,17,18). The van der Waals surface area contributed by atoms with Gasteiger partial charge >= 0.3 is 0 Å². The molecule has 0 saturated carbocycles. The number of hydrogen-bond acceptors (Lipinski definition) is 4. The smallest absolute Gasteiger partial charge is 0.130 e. The van der Waals surface area contributed by atoms with Gasteiger partial charge in [0, 0.05) is 44.0 Å². The van der Waals surface area contributed by atoms with E-state index in [0.29, 0.717) is 12.5 Å². The fourth-order valence-corrected chi connectivity index (χ4v) is 3.02. The number of rotatable bonds is 3. The summed E-state index contributed by atoms with van der Waals surface area (Å²) in [5, 5.41) is 12.7. The Morgan fingerprint density at radius 1 is 1.25 bits per heavy atom. The van der Waals surface area contributed by atoms with E-state index in [9.17, 15) is 5.11 Å². The molecule has 0 spiro atoms. The first-order valence-electron chi connectivity index (χ1n) is 7.62. The van der Waals surface area contributed by atoms with Crippen LogP contribution in [0.25, 0.3) is 0 Å². The summed E-state index contributed by atoms with van der Waals surface area (Å²) in [4.78, 5) is 7.06. The fourth-order valence-electron chi connectivity index (χ4n) is 3.02. The normalized spacial score (nSPS) is 20.4. The average Bonchev–Trinajstić information content (AvgIpc) is 2.56. The summed E-state index contributed by atoms with van der Waals surface area (Å²) in [6.45, 7) is 4.30. The SMILES string of the molecule is OCC1CCN(c2ccccc2C2=NCCCN2)CC1. The Morgan fingerprint density at radius 2 is 2.05 bits per heavy atom. The molecule has 0 amide bonds. The minimum absolute atomic E-state index is 0.323. The van der Waals surface area contributed by atoms with Crippen molar-refractivity contribution >= 4 is 11.5 Å². The summed E-state index contributed by atoms with van der Waals surface area (Å²) in [6.07, 6.45) is 3.27. The summed E-state index contributed by atoms with van der Waals surface area (Å²) in [5.74, 6) is 1.51. The van der Waals surface area contributed by atoms with Crippen molar-refractivity contribution in [3.8, 4) is 0 Å². The highest BCUT2D eigenvalue weighted by Crippen LogP contribution is 2.26. The lowest BCUT2D eigenvalue weighted by Crippen LogP contribution is -2.37. The molecule has 20 heavy (non-hydrogen) atoms. The third-order valence-corrected chi connectivity index (χ3v) is 4.27. The summed E-state index contributed by atoms with van der Waals surface area (Å²) < 4.78 is 0. The number of nitrogens with one attached hydrogen (secondary N) is 1. The van der Waals surface area contributed by atoms with Crippen molar-refractivity contribution in [2.75, 3.05) is 37.7 Å². The second kappa shape index (κ2) is 6.27. The Hall–Kier alpha value is -1.55. The summed E-state index contributed by atoms with van der Waals surface area (Å²) >= 11 is 0.